The third kappa shape index (κ3) is 3.32. The molecule has 0 unspecified atom stereocenters. The van der Waals surface area contributed by atoms with Gasteiger partial charge in [0.2, 0.25) is 5.75 Å². The van der Waals surface area contributed by atoms with E-state index in [0.29, 0.717) is 28.5 Å². The maximum Gasteiger partial charge on any atom is 0.257 e. The normalized spacial score (nSPS) is 14.1. The number of piperidine rings is 1. The number of aromatic nitrogens is 3. The van der Waals surface area contributed by atoms with Crippen LogP contribution in [0.15, 0.2) is 24.5 Å². The number of aryl methyl sites for hydroxylation is 1. The lowest BCUT2D eigenvalue weighted by atomic mass is 10.1. The van der Waals surface area contributed by atoms with E-state index >= 15 is 0 Å². The Morgan fingerprint density at radius 3 is 2.23 bits per heavy atom. The maximum absolute atomic E-state index is 13.0. The predicted octanol–water partition coefficient (Wildman–Crippen LogP) is 3.36. The van der Waals surface area contributed by atoms with Crippen molar-refractivity contribution in [2.75, 3.05) is 34.4 Å². The Kier molecular flexibility index (Phi) is 5.48. The first-order valence-corrected chi connectivity index (χ1v) is 10.0. The van der Waals surface area contributed by atoms with E-state index in [9.17, 15) is 4.79 Å². The van der Waals surface area contributed by atoms with E-state index in [1.54, 1.807) is 38.2 Å². The minimum Gasteiger partial charge on any atom is -0.493 e. The van der Waals surface area contributed by atoms with E-state index in [2.05, 4.69) is 10.1 Å². The molecule has 0 aliphatic carbocycles. The molecule has 0 saturated carbocycles. The molecule has 30 heavy (non-hydrogen) atoms. The average molecular weight is 410 g/mol. The van der Waals surface area contributed by atoms with Crippen molar-refractivity contribution in [2.24, 2.45) is 0 Å². The number of ether oxygens (including phenoxy) is 3. The number of carbonyl (C=O) groups is 1. The fourth-order valence-electron chi connectivity index (χ4n) is 3.96. The van der Waals surface area contributed by atoms with Gasteiger partial charge in [0, 0.05) is 24.8 Å². The molecule has 1 aliphatic rings. The Balaban J connectivity index is 1.78. The van der Waals surface area contributed by atoms with E-state index in [1.165, 1.54) is 6.42 Å². The first kappa shape index (κ1) is 20.0. The highest BCUT2D eigenvalue weighted by Gasteiger charge is 2.23. The Labute approximate surface area is 175 Å². The molecule has 0 radical (unpaired) electrons. The molecule has 1 saturated heterocycles. The summed E-state index contributed by atoms with van der Waals surface area (Å²) >= 11 is 0. The minimum atomic E-state index is 0.0198. The monoisotopic (exact) mass is 410 g/mol. The Morgan fingerprint density at radius 2 is 1.63 bits per heavy atom. The molecule has 2 aromatic heterocycles. The number of rotatable bonds is 5. The van der Waals surface area contributed by atoms with Crippen LogP contribution in [0.4, 0.5) is 0 Å². The van der Waals surface area contributed by atoms with Crippen molar-refractivity contribution in [2.45, 2.75) is 26.2 Å². The molecule has 158 valence electrons. The second kappa shape index (κ2) is 8.22. The maximum atomic E-state index is 13.0. The van der Waals surface area contributed by atoms with Crippen molar-refractivity contribution in [3.8, 4) is 28.4 Å². The third-order valence-electron chi connectivity index (χ3n) is 5.62. The van der Waals surface area contributed by atoms with Crippen LogP contribution in [0.1, 0.15) is 35.3 Å². The van der Waals surface area contributed by atoms with Crippen LogP contribution < -0.4 is 14.2 Å². The number of fused-ring (bicyclic) bond motifs is 1. The van der Waals surface area contributed by atoms with Gasteiger partial charge in [-0.25, -0.2) is 9.50 Å². The quantitative estimate of drug-likeness (QED) is 0.642. The van der Waals surface area contributed by atoms with Gasteiger partial charge in [-0.2, -0.15) is 5.10 Å². The predicted molar refractivity (Wildman–Crippen MR) is 113 cm³/mol. The van der Waals surface area contributed by atoms with Gasteiger partial charge in [0.1, 0.15) is 0 Å². The van der Waals surface area contributed by atoms with Crippen LogP contribution in [-0.2, 0) is 0 Å². The minimum absolute atomic E-state index is 0.0198. The second-order valence-electron chi connectivity index (χ2n) is 7.32. The third-order valence-corrected chi connectivity index (χ3v) is 5.62. The SMILES string of the molecule is COc1cc(-c2cnn3c(C)c(C(=O)N4CCCCC4)cnc23)cc(OC)c1OC. The summed E-state index contributed by atoms with van der Waals surface area (Å²) in [6.07, 6.45) is 6.67. The summed E-state index contributed by atoms with van der Waals surface area (Å²) in [7, 11) is 4.73. The second-order valence-corrected chi connectivity index (χ2v) is 7.32. The van der Waals surface area contributed by atoms with Gasteiger partial charge in [0.05, 0.1) is 38.8 Å². The number of likely N-dealkylation sites (tertiary alicyclic amines) is 1. The van der Waals surface area contributed by atoms with Gasteiger partial charge in [-0.15, -0.1) is 0 Å². The molecule has 1 fully saturated rings. The highest BCUT2D eigenvalue weighted by Crippen LogP contribution is 2.41. The zero-order valence-corrected chi connectivity index (χ0v) is 17.8. The zero-order chi connectivity index (χ0) is 21.3. The van der Waals surface area contributed by atoms with Gasteiger partial charge in [-0.3, -0.25) is 4.79 Å². The van der Waals surface area contributed by atoms with Crippen molar-refractivity contribution < 1.29 is 19.0 Å². The van der Waals surface area contributed by atoms with Gasteiger partial charge in [0.15, 0.2) is 17.1 Å². The molecule has 1 aromatic carbocycles. The summed E-state index contributed by atoms with van der Waals surface area (Å²) in [5, 5.41) is 4.51. The summed E-state index contributed by atoms with van der Waals surface area (Å²) in [6.45, 7) is 3.50. The van der Waals surface area contributed by atoms with Crippen LogP contribution in [0.2, 0.25) is 0 Å². The summed E-state index contributed by atoms with van der Waals surface area (Å²) in [5.74, 6) is 1.66. The van der Waals surface area contributed by atoms with Gasteiger partial charge in [-0.1, -0.05) is 0 Å². The van der Waals surface area contributed by atoms with Crippen molar-refractivity contribution in [3.63, 3.8) is 0 Å². The molecule has 3 aromatic rings. The smallest absolute Gasteiger partial charge is 0.257 e. The first-order chi connectivity index (χ1) is 14.6. The fourth-order valence-corrected chi connectivity index (χ4v) is 3.96. The summed E-state index contributed by atoms with van der Waals surface area (Å²) in [5.41, 5.74) is 3.67. The van der Waals surface area contributed by atoms with E-state index < -0.39 is 0 Å². The summed E-state index contributed by atoms with van der Waals surface area (Å²) in [6, 6.07) is 3.73. The van der Waals surface area contributed by atoms with E-state index in [1.807, 2.05) is 24.0 Å². The molecule has 0 atom stereocenters. The van der Waals surface area contributed by atoms with Crippen LogP contribution in [0.3, 0.4) is 0 Å². The van der Waals surface area contributed by atoms with E-state index in [0.717, 1.165) is 42.8 Å². The molecule has 8 nitrogen and oxygen atoms in total. The lowest BCUT2D eigenvalue weighted by molar-refractivity contribution is 0.0722. The Hall–Kier alpha value is -3.29. The highest BCUT2D eigenvalue weighted by atomic mass is 16.5. The van der Waals surface area contributed by atoms with Gasteiger partial charge >= 0.3 is 0 Å². The molecular weight excluding hydrogens is 384 g/mol. The standard InChI is InChI=1S/C22H26N4O4/c1-14-16(22(27)25-8-6-5-7-9-25)12-23-21-17(13-24-26(14)21)15-10-18(28-2)20(30-4)19(11-15)29-3/h10-13H,5-9H2,1-4H3. The first-order valence-electron chi connectivity index (χ1n) is 10.0. The fraction of sp³-hybridized carbons (Fsp3) is 0.409. The molecule has 1 aliphatic heterocycles. The molecule has 0 spiro atoms. The average Bonchev–Trinajstić information content (AvgIpc) is 3.23. The number of nitrogens with zero attached hydrogens (tertiary/aromatic N) is 4. The van der Waals surface area contributed by atoms with Gasteiger partial charge < -0.3 is 19.1 Å². The molecule has 1 amide bonds. The Morgan fingerprint density at radius 1 is 0.967 bits per heavy atom. The molecule has 0 N–H and O–H groups in total. The summed E-state index contributed by atoms with van der Waals surface area (Å²) < 4.78 is 18.1. The number of amides is 1. The van der Waals surface area contributed by atoms with E-state index in [4.69, 9.17) is 14.2 Å². The molecule has 4 rings (SSSR count). The van der Waals surface area contributed by atoms with Crippen LogP contribution in [0.25, 0.3) is 16.8 Å². The largest absolute Gasteiger partial charge is 0.493 e. The number of methoxy groups -OCH3 is 3. The zero-order valence-electron chi connectivity index (χ0n) is 17.8. The lowest BCUT2D eigenvalue weighted by Crippen LogP contribution is -2.36. The number of hydrogen-bond acceptors (Lipinski definition) is 6. The van der Waals surface area contributed by atoms with Crippen molar-refractivity contribution in [1.82, 2.24) is 19.5 Å². The number of benzene rings is 1. The molecular formula is C22H26N4O4. The molecule has 0 bridgehead atoms. The topological polar surface area (TPSA) is 78.2 Å². The Bertz CT molecular complexity index is 1060. The number of hydrogen-bond donors (Lipinski definition) is 0. The van der Waals surface area contributed by atoms with Crippen LogP contribution in [0, 0.1) is 6.92 Å². The van der Waals surface area contributed by atoms with Crippen molar-refractivity contribution >= 4 is 11.6 Å². The van der Waals surface area contributed by atoms with E-state index in [-0.39, 0.29) is 5.91 Å². The van der Waals surface area contributed by atoms with Crippen LogP contribution >= 0.6 is 0 Å². The van der Waals surface area contributed by atoms with Crippen molar-refractivity contribution in [1.29, 1.82) is 0 Å². The van der Waals surface area contributed by atoms with Gasteiger partial charge in [0.25, 0.3) is 5.91 Å². The molecule has 8 heteroatoms. The lowest BCUT2D eigenvalue weighted by Gasteiger charge is -2.27. The number of carbonyl (C=O) groups excluding carboxylic acids is 1. The molecule has 3 heterocycles. The summed E-state index contributed by atoms with van der Waals surface area (Å²) in [4.78, 5) is 19.5. The van der Waals surface area contributed by atoms with Crippen molar-refractivity contribution in [3.05, 3.63) is 35.8 Å². The van der Waals surface area contributed by atoms with Crippen LogP contribution in [0.5, 0.6) is 17.2 Å². The van der Waals surface area contributed by atoms with Crippen LogP contribution in [-0.4, -0.2) is 59.8 Å². The van der Waals surface area contributed by atoms with Gasteiger partial charge in [-0.05, 0) is 43.9 Å². The highest BCUT2D eigenvalue weighted by molar-refractivity contribution is 5.95.